The number of aryl methyl sites for hydroxylation is 1. The number of thiazole rings is 1. The summed E-state index contributed by atoms with van der Waals surface area (Å²) in [5, 5.41) is 3.17. The fourth-order valence-corrected chi connectivity index (χ4v) is 5.07. The number of sulfonamides is 1. The number of para-hydroxylation sites is 1. The van der Waals surface area contributed by atoms with Gasteiger partial charge in [-0.2, -0.15) is 0 Å². The van der Waals surface area contributed by atoms with Gasteiger partial charge < -0.3 is 4.74 Å². The average Bonchev–Trinajstić information content (AvgIpc) is 3.20. The highest BCUT2D eigenvalue weighted by molar-refractivity contribution is 7.92. The van der Waals surface area contributed by atoms with E-state index in [0.717, 1.165) is 28.0 Å². The number of nitrogens with zero attached hydrogens (tertiary/aromatic N) is 1. The summed E-state index contributed by atoms with van der Waals surface area (Å²) in [4.78, 5) is 18.0. The van der Waals surface area contributed by atoms with Gasteiger partial charge in [0.05, 0.1) is 23.4 Å². The normalized spacial score (nSPS) is 11.1. The highest BCUT2D eigenvalue weighted by atomic mass is 32.2. The molecule has 0 saturated heterocycles. The molecule has 2 N–H and O–H groups in total. The third-order valence-corrected chi connectivity index (χ3v) is 7.19. The second kappa shape index (κ2) is 9.62. The smallest absolute Gasteiger partial charge is 0.261 e. The largest absolute Gasteiger partial charge is 0.497 e. The van der Waals surface area contributed by atoms with Gasteiger partial charge in [0.1, 0.15) is 11.6 Å². The van der Waals surface area contributed by atoms with Crippen LogP contribution in [0.3, 0.4) is 0 Å². The maximum absolute atomic E-state index is 13.8. The highest BCUT2D eigenvalue weighted by Gasteiger charge is 2.18. The van der Waals surface area contributed by atoms with E-state index in [4.69, 9.17) is 4.74 Å². The topological polar surface area (TPSA) is 97.4 Å². The molecule has 1 amide bonds. The molecule has 0 unspecified atom stereocenters. The lowest BCUT2D eigenvalue weighted by Gasteiger charge is -2.09. The molecule has 0 aliphatic rings. The minimum absolute atomic E-state index is 0.0980. The van der Waals surface area contributed by atoms with Gasteiger partial charge in [0.15, 0.2) is 5.13 Å². The van der Waals surface area contributed by atoms with Gasteiger partial charge in [-0.25, -0.2) is 17.8 Å². The minimum Gasteiger partial charge on any atom is -0.497 e. The fraction of sp³-hybridized carbons (Fsp3) is 0.0833. The second-order valence-corrected chi connectivity index (χ2v) is 10.1. The number of methoxy groups -OCH3 is 1. The molecule has 3 aromatic carbocycles. The number of anilines is 2. The van der Waals surface area contributed by atoms with Gasteiger partial charge in [-0.05, 0) is 67.6 Å². The number of carbonyl (C=O) groups is 1. The maximum Gasteiger partial charge on any atom is 0.261 e. The molecule has 4 rings (SSSR count). The number of amides is 1. The van der Waals surface area contributed by atoms with Crippen LogP contribution in [0.2, 0.25) is 0 Å². The number of aromatic nitrogens is 1. The summed E-state index contributed by atoms with van der Waals surface area (Å²) in [5.74, 6) is -0.379. The summed E-state index contributed by atoms with van der Waals surface area (Å²) >= 11 is 1.34. The van der Waals surface area contributed by atoms with E-state index in [-0.39, 0.29) is 16.1 Å². The van der Waals surface area contributed by atoms with Crippen LogP contribution in [0.25, 0.3) is 11.3 Å². The maximum atomic E-state index is 13.8. The van der Waals surface area contributed by atoms with E-state index in [2.05, 4.69) is 15.0 Å². The molecule has 0 bridgehead atoms. The molecule has 0 fully saturated rings. The SMILES string of the molecule is COc1ccc(-c2nc(NC(=O)c3ccc(S(=O)(=O)Nc4ccccc4F)cc3)sc2C)cc1. The summed E-state index contributed by atoms with van der Waals surface area (Å²) in [6.07, 6.45) is 0. The Labute approximate surface area is 200 Å². The lowest BCUT2D eigenvalue weighted by Crippen LogP contribution is -2.15. The lowest BCUT2D eigenvalue weighted by atomic mass is 10.1. The zero-order chi connectivity index (χ0) is 24.3. The van der Waals surface area contributed by atoms with Gasteiger partial charge >= 0.3 is 0 Å². The van der Waals surface area contributed by atoms with Crippen molar-refractivity contribution >= 4 is 38.1 Å². The number of carbonyl (C=O) groups excluding carboxylic acids is 1. The van der Waals surface area contributed by atoms with E-state index < -0.39 is 21.7 Å². The average molecular weight is 498 g/mol. The van der Waals surface area contributed by atoms with Crippen LogP contribution in [0.15, 0.2) is 77.7 Å². The molecular formula is C24H20FN3O4S2. The molecule has 7 nitrogen and oxygen atoms in total. The van der Waals surface area contributed by atoms with E-state index in [9.17, 15) is 17.6 Å². The first kappa shape index (κ1) is 23.4. The number of nitrogens with one attached hydrogen (secondary N) is 2. The van der Waals surface area contributed by atoms with Crippen molar-refractivity contribution in [1.82, 2.24) is 4.98 Å². The number of hydrogen-bond acceptors (Lipinski definition) is 6. The van der Waals surface area contributed by atoms with Crippen molar-refractivity contribution in [3.05, 3.63) is 89.1 Å². The van der Waals surface area contributed by atoms with Crippen LogP contribution in [-0.2, 0) is 10.0 Å². The van der Waals surface area contributed by atoms with Crippen LogP contribution < -0.4 is 14.8 Å². The van der Waals surface area contributed by atoms with E-state index in [0.29, 0.717) is 5.13 Å². The Morgan fingerprint density at radius 3 is 2.32 bits per heavy atom. The number of halogens is 1. The van der Waals surface area contributed by atoms with Crippen molar-refractivity contribution < 1.29 is 22.3 Å². The standard InChI is InChI=1S/C24H20FN3O4S2/c1-15-22(16-7-11-18(32-2)12-8-16)26-24(33-15)27-23(29)17-9-13-19(14-10-17)34(30,31)28-21-6-4-3-5-20(21)25/h3-14,28H,1-2H3,(H,26,27,29). The fourth-order valence-electron chi connectivity index (χ4n) is 3.17. The Kier molecular flexibility index (Phi) is 6.62. The van der Waals surface area contributed by atoms with Crippen molar-refractivity contribution in [2.45, 2.75) is 11.8 Å². The van der Waals surface area contributed by atoms with E-state index >= 15 is 0 Å². The van der Waals surface area contributed by atoms with Gasteiger partial charge in [-0.1, -0.05) is 12.1 Å². The summed E-state index contributed by atoms with van der Waals surface area (Å²) in [6.45, 7) is 1.91. The Morgan fingerprint density at radius 1 is 1.00 bits per heavy atom. The molecular weight excluding hydrogens is 477 g/mol. The van der Waals surface area contributed by atoms with Crippen LogP contribution in [0, 0.1) is 12.7 Å². The number of benzene rings is 3. The van der Waals surface area contributed by atoms with Crippen molar-refractivity contribution in [3.8, 4) is 17.0 Å². The van der Waals surface area contributed by atoms with Gasteiger partial charge in [0.2, 0.25) is 0 Å². The highest BCUT2D eigenvalue weighted by Crippen LogP contribution is 2.31. The van der Waals surface area contributed by atoms with Crippen LogP contribution in [-0.4, -0.2) is 26.4 Å². The predicted molar refractivity (Wildman–Crippen MR) is 130 cm³/mol. The number of rotatable bonds is 7. The molecule has 1 aromatic heterocycles. The van der Waals surface area contributed by atoms with Gasteiger partial charge in [0, 0.05) is 16.0 Å². The van der Waals surface area contributed by atoms with Crippen LogP contribution >= 0.6 is 11.3 Å². The summed E-state index contributed by atoms with van der Waals surface area (Å²) < 4.78 is 46.3. The van der Waals surface area contributed by atoms with Gasteiger partial charge in [0.25, 0.3) is 15.9 Å². The molecule has 0 saturated carbocycles. The Hall–Kier alpha value is -3.76. The monoisotopic (exact) mass is 497 g/mol. The quantitative estimate of drug-likeness (QED) is 0.360. The number of ether oxygens (including phenoxy) is 1. The molecule has 1 heterocycles. The van der Waals surface area contributed by atoms with Crippen molar-refractivity contribution in [1.29, 1.82) is 0 Å². The first-order valence-corrected chi connectivity index (χ1v) is 12.4. The van der Waals surface area contributed by atoms with Crippen LogP contribution in [0.5, 0.6) is 5.75 Å². The van der Waals surface area contributed by atoms with Crippen molar-refractivity contribution in [3.63, 3.8) is 0 Å². The molecule has 0 radical (unpaired) electrons. The minimum atomic E-state index is -4.02. The Bertz CT molecular complexity index is 1430. The van der Waals surface area contributed by atoms with Crippen molar-refractivity contribution in [2.24, 2.45) is 0 Å². The van der Waals surface area contributed by atoms with Gasteiger partial charge in [-0.15, -0.1) is 11.3 Å². The van der Waals surface area contributed by atoms with Gasteiger partial charge in [-0.3, -0.25) is 14.8 Å². The molecule has 34 heavy (non-hydrogen) atoms. The van der Waals surface area contributed by atoms with Crippen molar-refractivity contribution in [2.75, 3.05) is 17.1 Å². The zero-order valence-corrected chi connectivity index (χ0v) is 19.8. The van der Waals surface area contributed by atoms with E-state index in [1.165, 1.54) is 53.8 Å². The summed E-state index contributed by atoms with van der Waals surface area (Å²) in [5.41, 5.74) is 1.75. The zero-order valence-electron chi connectivity index (χ0n) is 18.2. The molecule has 0 aliphatic heterocycles. The molecule has 0 atom stereocenters. The summed E-state index contributed by atoms with van der Waals surface area (Å²) in [6, 6.07) is 18.3. The predicted octanol–water partition coefficient (Wildman–Crippen LogP) is 5.32. The second-order valence-electron chi connectivity index (χ2n) is 7.22. The first-order chi connectivity index (χ1) is 16.3. The molecule has 0 aliphatic carbocycles. The third kappa shape index (κ3) is 5.08. The molecule has 174 valence electrons. The third-order valence-electron chi connectivity index (χ3n) is 4.93. The number of hydrogen-bond donors (Lipinski definition) is 2. The molecule has 0 spiro atoms. The van der Waals surface area contributed by atoms with E-state index in [1.54, 1.807) is 7.11 Å². The van der Waals surface area contributed by atoms with Crippen LogP contribution in [0.1, 0.15) is 15.2 Å². The van der Waals surface area contributed by atoms with E-state index in [1.807, 2.05) is 31.2 Å². The molecule has 10 heteroatoms. The summed E-state index contributed by atoms with van der Waals surface area (Å²) in [7, 11) is -2.42. The lowest BCUT2D eigenvalue weighted by molar-refractivity contribution is 0.102. The molecule has 4 aromatic rings. The Balaban J connectivity index is 1.47. The Morgan fingerprint density at radius 2 is 1.68 bits per heavy atom. The van der Waals surface area contributed by atoms with Crippen LogP contribution in [0.4, 0.5) is 15.2 Å². The first-order valence-electron chi connectivity index (χ1n) is 10.1.